The molecule has 0 aromatic carbocycles. The average Bonchev–Trinajstić information content (AvgIpc) is 2.71. The summed E-state index contributed by atoms with van der Waals surface area (Å²) in [5.74, 6) is 0. The van der Waals surface area contributed by atoms with Crippen LogP contribution >= 0.6 is 0 Å². The van der Waals surface area contributed by atoms with Gasteiger partial charge in [0.2, 0.25) is 0 Å². The molecule has 1 aliphatic rings. The van der Waals surface area contributed by atoms with Crippen molar-refractivity contribution in [2.45, 2.75) is 6.42 Å². The largest absolute Gasteiger partial charge is 0.400 e. The number of hydrogen-bond acceptors (Lipinski definition) is 3. The molecular weight excluding hydrogens is 323 g/mol. The van der Waals surface area contributed by atoms with Crippen LogP contribution in [-0.4, -0.2) is 36.6 Å². The van der Waals surface area contributed by atoms with Gasteiger partial charge in [0.05, 0.1) is 0 Å². The minimum atomic E-state index is 0. The van der Waals surface area contributed by atoms with Crippen molar-refractivity contribution in [1.29, 1.82) is 0 Å². The van der Waals surface area contributed by atoms with Crippen LogP contribution in [0.2, 0.25) is 0 Å². The van der Waals surface area contributed by atoms with Crippen molar-refractivity contribution in [1.82, 2.24) is 0 Å². The maximum absolute atomic E-state index is 7.00. The zero-order valence-corrected chi connectivity index (χ0v) is 11.4. The predicted molar refractivity (Wildman–Crippen MR) is 46.0 cm³/mol. The minimum Gasteiger partial charge on any atom is -0.400 e. The molecule has 0 saturated heterocycles. The van der Waals surface area contributed by atoms with E-state index in [2.05, 4.69) is 12.2 Å². The summed E-state index contributed by atoms with van der Waals surface area (Å²) < 4.78 is 0. The number of rotatable bonds is 0. The van der Waals surface area contributed by atoms with Crippen LogP contribution in [0.1, 0.15) is 6.42 Å². The third-order valence-electron chi connectivity index (χ3n) is 0.586. The summed E-state index contributed by atoms with van der Waals surface area (Å²) in [7, 11) is 3.00. The van der Waals surface area contributed by atoms with Crippen LogP contribution in [0.25, 0.3) is 0 Å². The van der Waals surface area contributed by atoms with Crippen molar-refractivity contribution in [3.8, 4) is 0 Å². The van der Waals surface area contributed by atoms with E-state index in [4.69, 9.17) is 15.3 Å². The van der Waals surface area contributed by atoms with E-state index in [1.165, 1.54) is 0 Å². The van der Waals surface area contributed by atoms with E-state index in [-0.39, 0.29) is 25.8 Å². The van der Waals surface area contributed by atoms with Gasteiger partial charge in [0, 0.05) is 47.2 Å². The van der Waals surface area contributed by atoms with Crippen molar-refractivity contribution < 1.29 is 41.2 Å². The smallest absolute Gasteiger partial charge is 0.0319 e. The molecule has 1 rings (SSSR count). The molecule has 0 unspecified atom stereocenters. The Morgan fingerprint density at radius 1 is 1.00 bits per heavy atom. The van der Waals surface area contributed by atoms with Gasteiger partial charge in [0.15, 0.2) is 0 Å². The van der Waals surface area contributed by atoms with E-state index in [0.29, 0.717) is 0 Å². The Hall–Kier alpha value is 0.230. The fourth-order valence-corrected chi connectivity index (χ4v) is 0.340. The maximum Gasteiger partial charge on any atom is 0.0319 e. The number of aliphatic hydroxyl groups is 3. The Morgan fingerprint density at radius 2 is 1.42 bits per heavy atom. The fourth-order valence-electron chi connectivity index (χ4n) is 0.340. The molecule has 0 aromatic heterocycles. The second-order valence-electron chi connectivity index (χ2n) is 1.00. The van der Waals surface area contributed by atoms with Crippen LogP contribution in [0.15, 0.2) is 18.2 Å². The standard InChI is InChI=1S/C5H5.3CH4O.Hf/c1-2-4-5-3-1;3*1-2;/h1-3H,4H2;3*2H,1H3;/q-1;;;;. The predicted octanol–water partition coefficient (Wildman–Crippen LogP) is 0.129. The zero-order valence-electron chi connectivity index (χ0n) is 7.78. The van der Waals surface area contributed by atoms with E-state index in [1.54, 1.807) is 0 Å². The van der Waals surface area contributed by atoms with E-state index < -0.39 is 0 Å². The first-order valence-electron chi connectivity index (χ1n) is 3.06. The Labute approximate surface area is 93.2 Å². The molecule has 72 valence electrons. The zero-order chi connectivity index (χ0) is 9.54. The van der Waals surface area contributed by atoms with Gasteiger partial charge in [-0.3, -0.25) is 6.08 Å². The van der Waals surface area contributed by atoms with Crippen LogP contribution in [-0.2, 0) is 25.8 Å². The van der Waals surface area contributed by atoms with Gasteiger partial charge < -0.3 is 15.3 Å². The number of hydrogen-bond donors (Lipinski definition) is 3. The molecule has 0 aliphatic heterocycles. The average molecular weight is 340 g/mol. The third-order valence-corrected chi connectivity index (χ3v) is 0.586. The van der Waals surface area contributed by atoms with Gasteiger partial charge in [0.25, 0.3) is 0 Å². The SMILES string of the molecule is CO.CO.CO.[C-]1=CC=CC1.[Hf]. The normalized spacial score (nSPS) is 8.83. The van der Waals surface area contributed by atoms with Gasteiger partial charge in [-0.05, 0) is 0 Å². The third kappa shape index (κ3) is 31.9. The molecule has 1 aliphatic carbocycles. The molecule has 4 heteroatoms. The van der Waals surface area contributed by atoms with E-state index in [9.17, 15) is 0 Å². The molecule has 0 heterocycles. The van der Waals surface area contributed by atoms with Crippen LogP contribution in [0.3, 0.4) is 0 Å². The molecule has 0 radical (unpaired) electrons. The molecule has 0 aromatic rings. The van der Waals surface area contributed by atoms with Gasteiger partial charge in [-0.25, -0.2) is 12.2 Å². The number of aliphatic hydroxyl groups excluding tert-OH is 3. The Bertz CT molecular complexity index is 72.4. The molecule has 0 fully saturated rings. The molecule has 0 saturated carbocycles. The van der Waals surface area contributed by atoms with Crippen LogP contribution in [0.5, 0.6) is 0 Å². The molecule has 3 N–H and O–H groups in total. The van der Waals surface area contributed by atoms with E-state index in [0.717, 1.165) is 27.8 Å². The van der Waals surface area contributed by atoms with Crippen molar-refractivity contribution >= 4 is 0 Å². The van der Waals surface area contributed by atoms with E-state index in [1.807, 2.05) is 12.2 Å². The van der Waals surface area contributed by atoms with Gasteiger partial charge in [-0.15, -0.1) is 6.42 Å². The molecule has 12 heavy (non-hydrogen) atoms. The molecule has 3 nitrogen and oxygen atoms in total. The van der Waals surface area contributed by atoms with Crippen LogP contribution < -0.4 is 0 Å². The van der Waals surface area contributed by atoms with Crippen LogP contribution in [0, 0.1) is 6.08 Å². The quantitative estimate of drug-likeness (QED) is 0.434. The fraction of sp³-hybridized carbons (Fsp3) is 0.500. The number of allylic oxidation sites excluding steroid dienone is 4. The second kappa shape index (κ2) is 43.0. The summed E-state index contributed by atoms with van der Waals surface area (Å²) in [6.07, 6.45) is 10.0. The summed E-state index contributed by atoms with van der Waals surface area (Å²) in [6, 6.07) is 0. The molecule has 0 atom stereocenters. The van der Waals surface area contributed by atoms with Crippen LogP contribution in [0.4, 0.5) is 0 Å². The van der Waals surface area contributed by atoms with Gasteiger partial charge in [-0.2, -0.15) is 6.08 Å². The summed E-state index contributed by atoms with van der Waals surface area (Å²) in [5, 5.41) is 21.0. The van der Waals surface area contributed by atoms with Gasteiger partial charge in [0.1, 0.15) is 0 Å². The monoisotopic (exact) mass is 341 g/mol. The molecule has 0 bridgehead atoms. The summed E-state index contributed by atoms with van der Waals surface area (Å²) in [5.41, 5.74) is 0. The van der Waals surface area contributed by atoms with Crippen molar-refractivity contribution in [3.63, 3.8) is 0 Å². The van der Waals surface area contributed by atoms with Gasteiger partial charge >= 0.3 is 0 Å². The van der Waals surface area contributed by atoms with Crippen molar-refractivity contribution in [3.05, 3.63) is 24.3 Å². The van der Waals surface area contributed by atoms with Crippen molar-refractivity contribution in [2.75, 3.05) is 21.3 Å². The Kier molecular flexibility index (Phi) is 81.5. The van der Waals surface area contributed by atoms with Crippen molar-refractivity contribution in [2.24, 2.45) is 0 Å². The molecule has 0 spiro atoms. The first kappa shape index (κ1) is 22.8. The summed E-state index contributed by atoms with van der Waals surface area (Å²) in [4.78, 5) is 0. The first-order valence-corrected chi connectivity index (χ1v) is 3.06. The van der Waals surface area contributed by atoms with Gasteiger partial charge in [-0.1, -0.05) is 0 Å². The second-order valence-corrected chi connectivity index (χ2v) is 1.00. The topological polar surface area (TPSA) is 60.7 Å². The molecule has 0 amide bonds. The first-order chi connectivity index (χ1) is 5.50. The van der Waals surface area contributed by atoms with E-state index >= 15 is 0 Å². The minimum absolute atomic E-state index is 0. The summed E-state index contributed by atoms with van der Waals surface area (Å²) in [6.45, 7) is 0. The Morgan fingerprint density at radius 3 is 1.50 bits per heavy atom. The summed E-state index contributed by atoms with van der Waals surface area (Å²) >= 11 is 0. The maximum atomic E-state index is 7.00. The Balaban J connectivity index is -0.0000000406. The molecular formula is C8H17HfO3-.